The van der Waals surface area contributed by atoms with Crippen LogP contribution in [-0.2, 0) is 9.59 Å². The van der Waals surface area contributed by atoms with Crippen LogP contribution < -0.4 is 4.74 Å². The van der Waals surface area contributed by atoms with Gasteiger partial charge in [-0.3, -0.25) is 0 Å². The molecule has 0 unspecified atom stereocenters. The molecule has 1 N–H and O–H groups in total. The molecule has 0 saturated carbocycles. The molecule has 0 saturated heterocycles. The first-order chi connectivity index (χ1) is 7.49. The van der Waals surface area contributed by atoms with Gasteiger partial charge in [-0.15, -0.1) is 0 Å². The summed E-state index contributed by atoms with van der Waals surface area (Å²) < 4.78 is 4.77. The largest absolute Gasteiger partial charge is 0.478 e. The summed E-state index contributed by atoms with van der Waals surface area (Å²) in [6, 6.07) is 4.27. The van der Waals surface area contributed by atoms with Gasteiger partial charge in [-0.1, -0.05) is 23.2 Å². The van der Waals surface area contributed by atoms with Crippen LogP contribution in [0.1, 0.15) is 0 Å². The van der Waals surface area contributed by atoms with Crippen LogP contribution in [0.3, 0.4) is 0 Å². The van der Waals surface area contributed by atoms with Crippen LogP contribution in [0.15, 0.2) is 30.4 Å². The van der Waals surface area contributed by atoms with Crippen molar-refractivity contribution in [3.05, 3.63) is 40.4 Å². The van der Waals surface area contributed by atoms with Gasteiger partial charge in [0.25, 0.3) is 0 Å². The molecule has 0 aromatic heterocycles. The lowest BCUT2D eigenvalue weighted by Gasteiger charge is -2.02. The van der Waals surface area contributed by atoms with E-state index in [9.17, 15) is 9.59 Å². The van der Waals surface area contributed by atoms with Crippen LogP contribution in [0.25, 0.3) is 0 Å². The molecule has 16 heavy (non-hydrogen) atoms. The van der Waals surface area contributed by atoms with Crippen molar-refractivity contribution in [3.63, 3.8) is 0 Å². The highest BCUT2D eigenvalue weighted by Gasteiger charge is 2.04. The fourth-order valence-electron chi connectivity index (χ4n) is 0.830. The maximum absolute atomic E-state index is 11.1. The Hall–Kier alpha value is -1.52. The van der Waals surface area contributed by atoms with Crippen molar-refractivity contribution in [2.24, 2.45) is 0 Å². The van der Waals surface area contributed by atoms with Crippen molar-refractivity contribution in [2.75, 3.05) is 0 Å². The summed E-state index contributed by atoms with van der Waals surface area (Å²) in [5, 5.41) is 8.86. The van der Waals surface area contributed by atoms with E-state index < -0.39 is 11.9 Å². The molecule has 0 aliphatic carbocycles. The molecule has 0 atom stereocenters. The number of esters is 1. The van der Waals surface area contributed by atoms with Gasteiger partial charge >= 0.3 is 11.9 Å². The summed E-state index contributed by atoms with van der Waals surface area (Å²) in [7, 11) is 0. The number of rotatable bonds is 3. The molecule has 0 aliphatic heterocycles. The highest BCUT2D eigenvalue weighted by atomic mass is 35.5. The van der Waals surface area contributed by atoms with E-state index in [4.69, 9.17) is 33.0 Å². The number of ether oxygens (including phenoxy) is 1. The zero-order valence-corrected chi connectivity index (χ0v) is 9.33. The van der Waals surface area contributed by atoms with Gasteiger partial charge in [-0.05, 0) is 12.1 Å². The van der Waals surface area contributed by atoms with Crippen LogP contribution in [-0.4, -0.2) is 17.0 Å². The van der Waals surface area contributed by atoms with Gasteiger partial charge in [-0.25, -0.2) is 9.59 Å². The van der Waals surface area contributed by atoms with Crippen LogP contribution in [0.2, 0.25) is 10.0 Å². The van der Waals surface area contributed by atoms with E-state index in [0.717, 1.165) is 6.08 Å². The minimum absolute atomic E-state index is 0.189. The predicted molar refractivity (Wildman–Crippen MR) is 58.9 cm³/mol. The van der Waals surface area contributed by atoms with Crippen LogP contribution in [0.5, 0.6) is 5.75 Å². The van der Waals surface area contributed by atoms with Gasteiger partial charge in [0.1, 0.15) is 5.75 Å². The summed E-state index contributed by atoms with van der Waals surface area (Å²) in [6.07, 6.45) is 1.48. The Morgan fingerprint density at radius 3 is 2.44 bits per heavy atom. The first-order valence-corrected chi connectivity index (χ1v) is 4.82. The van der Waals surface area contributed by atoms with Gasteiger partial charge in [0.2, 0.25) is 0 Å². The number of carbonyl (C=O) groups excluding carboxylic acids is 1. The third-order valence-electron chi connectivity index (χ3n) is 1.47. The molecule has 1 rings (SSSR count). The smallest absolute Gasteiger partial charge is 0.336 e. The Bertz CT molecular complexity index is 454. The van der Waals surface area contributed by atoms with Crippen molar-refractivity contribution in [2.45, 2.75) is 0 Å². The van der Waals surface area contributed by atoms with Crippen molar-refractivity contribution in [3.8, 4) is 5.75 Å². The number of halogens is 2. The summed E-state index contributed by atoms with van der Waals surface area (Å²) in [5.41, 5.74) is 0. The van der Waals surface area contributed by atoms with E-state index >= 15 is 0 Å². The quantitative estimate of drug-likeness (QED) is 0.516. The van der Waals surface area contributed by atoms with E-state index in [1.807, 2.05) is 0 Å². The highest BCUT2D eigenvalue weighted by Crippen LogP contribution is 2.26. The molecule has 0 bridgehead atoms. The van der Waals surface area contributed by atoms with Crippen molar-refractivity contribution >= 4 is 35.1 Å². The molecular formula is C10H6Cl2O4. The molecule has 1 aromatic rings. The van der Waals surface area contributed by atoms with E-state index in [0.29, 0.717) is 11.1 Å². The summed E-state index contributed by atoms with van der Waals surface area (Å²) in [4.78, 5) is 21.2. The molecule has 0 heterocycles. The molecule has 0 spiro atoms. The minimum Gasteiger partial charge on any atom is -0.478 e. The third-order valence-corrected chi connectivity index (χ3v) is 2.21. The fraction of sp³-hybridized carbons (Fsp3) is 0. The maximum atomic E-state index is 11.1. The lowest BCUT2D eigenvalue weighted by atomic mass is 10.3. The molecule has 6 heteroatoms. The number of carboxylic acid groups (broad SMARTS) is 1. The van der Waals surface area contributed by atoms with E-state index in [1.165, 1.54) is 18.2 Å². The Morgan fingerprint density at radius 2 is 1.88 bits per heavy atom. The maximum Gasteiger partial charge on any atom is 0.336 e. The second kappa shape index (κ2) is 5.53. The lowest BCUT2D eigenvalue weighted by molar-refractivity contribution is -0.133. The number of hydrogen-bond acceptors (Lipinski definition) is 3. The molecule has 1 aromatic carbocycles. The second-order valence-corrected chi connectivity index (χ2v) is 3.48. The standard InChI is InChI=1S/C10H6Cl2O4/c11-7-2-1-6(5-8(7)12)16-10(15)4-3-9(13)14/h1-5H,(H,13,14). The van der Waals surface area contributed by atoms with Gasteiger partial charge in [0, 0.05) is 18.2 Å². The monoisotopic (exact) mass is 260 g/mol. The third kappa shape index (κ3) is 3.92. The van der Waals surface area contributed by atoms with Crippen molar-refractivity contribution < 1.29 is 19.4 Å². The van der Waals surface area contributed by atoms with Crippen molar-refractivity contribution in [1.29, 1.82) is 0 Å². The number of aliphatic carboxylic acids is 1. The average Bonchev–Trinajstić information content (AvgIpc) is 2.21. The molecule has 0 radical (unpaired) electrons. The average molecular weight is 261 g/mol. The Balaban J connectivity index is 2.70. The summed E-state index contributed by atoms with van der Waals surface area (Å²) in [6.45, 7) is 0. The normalized spacial score (nSPS) is 10.4. The number of benzene rings is 1. The van der Waals surface area contributed by atoms with Crippen LogP contribution in [0.4, 0.5) is 0 Å². The first kappa shape index (κ1) is 12.5. The summed E-state index contributed by atoms with van der Waals surface area (Å²) in [5.74, 6) is -1.85. The molecule has 84 valence electrons. The molecule has 0 amide bonds. The van der Waals surface area contributed by atoms with Gasteiger partial charge in [0.15, 0.2) is 0 Å². The summed E-state index contributed by atoms with van der Waals surface area (Å²) >= 11 is 11.3. The number of hydrogen-bond donors (Lipinski definition) is 1. The number of carbonyl (C=O) groups is 2. The zero-order valence-electron chi connectivity index (χ0n) is 7.81. The van der Waals surface area contributed by atoms with Crippen LogP contribution in [0, 0.1) is 0 Å². The fourth-order valence-corrected chi connectivity index (χ4v) is 1.12. The van der Waals surface area contributed by atoms with E-state index in [1.54, 1.807) is 0 Å². The molecule has 4 nitrogen and oxygen atoms in total. The van der Waals surface area contributed by atoms with Crippen LogP contribution >= 0.6 is 23.2 Å². The SMILES string of the molecule is O=C(O)C=CC(=O)Oc1ccc(Cl)c(Cl)c1. The number of carboxylic acids is 1. The topological polar surface area (TPSA) is 63.6 Å². The Morgan fingerprint density at radius 1 is 1.19 bits per heavy atom. The first-order valence-electron chi connectivity index (χ1n) is 4.07. The van der Waals surface area contributed by atoms with Gasteiger partial charge < -0.3 is 9.84 Å². The molecule has 0 aliphatic rings. The molecule has 0 fully saturated rings. The van der Waals surface area contributed by atoms with E-state index in [2.05, 4.69) is 0 Å². The van der Waals surface area contributed by atoms with E-state index in [-0.39, 0.29) is 10.8 Å². The predicted octanol–water partition coefficient (Wildman–Crippen LogP) is 2.54. The second-order valence-electron chi connectivity index (χ2n) is 2.67. The highest BCUT2D eigenvalue weighted by molar-refractivity contribution is 6.42. The lowest BCUT2D eigenvalue weighted by Crippen LogP contribution is -2.04. The molecular weight excluding hydrogens is 255 g/mol. The zero-order chi connectivity index (χ0) is 12.1. The van der Waals surface area contributed by atoms with Gasteiger partial charge in [0.05, 0.1) is 10.0 Å². The van der Waals surface area contributed by atoms with Crippen molar-refractivity contribution in [1.82, 2.24) is 0 Å². The van der Waals surface area contributed by atoms with Gasteiger partial charge in [-0.2, -0.15) is 0 Å². The minimum atomic E-state index is -1.23. The Kier molecular flexibility index (Phi) is 4.34. The Labute approximate surface area is 101 Å².